The van der Waals surface area contributed by atoms with Gasteiger partial charge < -0.3 is 5.11 Å². The molecule has 0 fully saturated rings. The van der Waals surface area contributed by atoms with Crippen LogP contribution in [0, 0.1) is 6.92 Å². The van der Waals surface area contributed by atoms with Crippen LogP contribution in [0.5, 0.6) is 0 Å². The number of aromatic carboxylic acids is 1. The van der Waals surface area contributed by atoms with E-state index in [0.717, 1.165) is 21.2 Å². The summed E-state index contributed by atoms with van der Waals surface area (Å²) in [4.78, 5) is 11.1. The molecule has 0 saturated heterocycles. The van der Waals surface area contributed by atoms with Crippen molar-refractivity contribution in [1.82, 2.24) is 0 Å². The maximum absolute atomic E-state index is 11.1. The highest BCUT2D eigenvalue weighted by molar-refractivity contribution is 9.10. The van der Waals surface area contributed by atoms with E-state index in [1.54, 1.807) is 17.4 Å². The van der Waals surface area contributed by atoms with Crippen molar-refractivity contribution < 1.29 is 9.90 Å². The second-order valence-corrected chi connectivity index (χ2v) is 5.09. The lowest BCUT2D eigenvalue weighted by atomic mass is 10.00. The molecular formula is C12H9BrO2S. The highest BCUT2D eigenvalue weighted by Gasteiger charge is 2.14. The summed E-state index contributed by atoms with van der Waals surface area (Å²) in [5, 5.41) is 13.0. The van der Waals surface area contributed by atoms with Crippen LogP contribution in [0.3, 0.4) is 0 Å². The molecule has 0 unspecified atom stereocenters. The molecule has 2 aromatic rings. The fraction of sp³-hybridized carbons (Fsp3) is 0.0833. The third-order valence-corrected chi connectivity index (χ3v) is 4.01. The van der Waals surface area contributed by atoms with Gasteiger partial charge in [-0.2, -0.15) is 11.3 Å². The van der Waals surface area contributed by atoms with Gasteiger partial charge >= 0.3 is 5.97 Å². The molecule has 82 valence electrons. The van der Waals surface area contributed by atoms with Crippen molar-refractivity contribution >= 4 is 33.2 Å². The maximum atomic E-state index is 11.1. The second kappa shape index (κ2) is 4.39. The number of carboxylic acid groups (broad SMARTS) is 1. The zero-order chi connectivity index (χ0) is 11.7. The van der Waals surface area contributed by atoms with E-state index in [1.165, 1.54) is 0 Å². The quantitative estimate of drug-likeness (QED) is 0.902. The fourth-order valence-corrected chi connectivity index (χ4v) is 3.05. The summed E-state index contributed by atoms with van der Waals surface area (Å²) < 4.78 is 0.936. The van der Waals surface area contributed by atoms with Gasteiger partial charge in [0.05, 0.1) is 5.56 Å². The number of thiophene rings is 1. The minimum absolute atomic E-state index is 0.338. The van der Waals surface area contributed by atoms with Crippen molar-refractivity contribution in [3.63, 3.8) is 0 Å². The molecule has 1 heterocycles. The third-order valence-electron chi connectivity index (χ3n) is 2.31. The predicted octanol–water partition coefficient (Wildman–Crippen LogP) is 4.18. The maximum Gasteiger partial charge on any atom is 0.336 e. The average Bonchev–Trinajstić information content (AvgIpc) is 2.63. The first-order valence-corrected chi connectivity index (χ1v) is 6.39. The van der Waals surface area contributed by atoms with Gasteiger partial charge in [0.1, 0.15) is 0 Å². The zero-order valence-corrected chi connectivity index (χ0v) is 10.9. The smallest absolute Gasteiger partial charge is 0.336 e. The van der Waals surface area contributed by atoms with Crippen molar-refractivity contribution in [2.24, 2.45) is 0 Å². The molecule has 0 aliphatic rings. The molecule has 0 amide bonds. The summed E-state index contributed by atoms with van der Waals surface area (Å²) in [5.74, 6) is -0.895. The first-order chi connectivity index (χ1) is 7.59. The molecule has 1 aromatic carbocycles. The largest absolute Gasteiger partial charge is 0.478 e. The van der Waals surface area contributed by atoms with Gasteiger partial charge in [-0.3, -0.25) is 0 Å². The molecule has 16 heavy (non-hydrogen) atoms. The van der Waals surface area contributed by atoms with Crippen molar-refractivity contribution in [2.45, 2.75) is 6.92 Å². The van der Waals surface area contributed by atoms with Crippen LogP contribution in [0.1, 0.15) is 15.9 Å². The summed E-state index contributed by atoms with van der Waals surface area (Å²) in [6, 6.07) is 5.36. The molecule has 1 aromatic heterocycles. The van der Waals surface area contributed by atoms with Crippen LogP contribution in [-0.2, 0) is 0 Å². The van der Waals surface area contributed by atoms with Crippen LogP contribution in [0.25, 0.3) is 11.1 Å². The Kier molecular flexibility index (Phi) is 3.12. The minimum atomic E-state index is -0.895. The lowest BCUT2D eigenvalue weighted by Crippen LogP contribution is -1.99. The molecule has 2 nitrogen and oxygen atoms in total. The topological polar surface area (TPSA) is 37.3 Å². The Labute approximate surface area is 106 Å². The molecule has 0 aliphatic heterocycles. The molecule has 0 radical (unpaired) electrons. The summed E-state index contributed by atoms with van der Waals surface area (Å²) >= 11 is 4.98. The van der Waals surface area contributed by atoms with Crippen LogP contribution < -0.4 is 0 Å². The van der Waals surface area contributed by atoms with Gasteiger partial charge in [-0.15, -0.1) is 0 Å². The molecule has 0 spiro atoms. The fourth-order valence-electron chi connectivity index (χ4n) is 1.54. The lowest BCUT2D eigenvalue weighted by molar-refractivity contribution is 0.0698. The zero-order valence-electron chi connectivity index (χ0n) is 8.53. The molecule has 0 bridgehead atoms. The van der Waals surface area contributed by atoms with E-state index >= 15 is 0 Å². The summed E-state index contributed by atoms with van der Waals surface area (Å²) in [6.07, 6.45) is 0. The van der Waals surface area contributed by atoms with Crippen LogP contribution >= 0.6 is 27.3 Å². The molecule has 0 aliphatic carbocycles. The van der Waals surface area contributed by atoms with E-state index in [0.29, 0.717) is 5.56 Å². The number of hydrogen-bond donors (Lipinski definition) is 1. The Balaban J connectivity index is 2.67. The number of carboxylic acids is 1. The predicted molar refractivity (Wildman–Crippen MR) is 69.2 cm³/mol. The molecule has 1 N–H and O–H groups in total. The standard InChI is InChI=1S/C12H9BrO2S/c1-7-2-3-8(12(14)15)9(4-7)10-5-16-6-11(10)13/h2-6H,1H3,(H,14,15). The van der Waals surface area contributed by atoms with Gasteiger partial charge in [-0.05, 0) is 39.9 Å². The van der Waals surface area contributed by atoms with E-state index in [9.17, 15) is 4.79 Å². The van der Waals surface area contributed by atoms with Crippen molar-refractivity contribution in [3.05, 3.63) is 44.6 Å². The Morgan fingerprint density at radius 3 is 2.62 bits per heavy atom. The second-order valence-electron chi connectivity index (χ2n) is 3.49. The Morgan fingerprint density at radius 1 is 1.31 bits per heavy atom. The van der Waals surface area contributed by atoms with Crippen LogP contribution in [0.15, 0.2) is 33.4 Å². The van der Waals surface area contributed by atoms with E-state index in [1.807, 2.05) is 29.8 Å². The lowest BCUT2D eigenvalue weighted by Gasteiger charge is -2.06. The van der Waals surface area contributed by atoms with Crippen molar-refractivity contribution in [1.29, 1.82) is 0 Å². The van der Waals surface area contributed by atoms with E-state index in [2.05, 4.69) is 15.9 Å². The first-order valence-electron chi connectivity index (χ1n) is 4.65. The molecule has 4 heteroatoms. The van der Waals surface area contributed by atoms with Crippen LogP contribution in [0.2, 0.25) is 0 Å². The van der Waals surface area contributed by atoms with Gasteiger partial charge in [0.25, 0.3) is 0 Å². The highest BCUT2D eigenvalue weighted by atomic mass is 79.9. The van der Waals surface area contributed by atoms with Crippen LogP contribution in [-0.4, -0.2) is 11.1 Å². The van der Waals surface area contributed by atoms with Crippen LogP contribution in [0.4, 0.5) is 0 Å². The summed E-state index contributed by atoms with van der Waals surface area (Å²) in [7, 11) is 0. The average molecular weight is 297 g/mol. The van der Waals surface area contributed by atoms with E-state index in [4.69, 9.17) is 5.11 Å². The number of benzene rings is 1. The molecule has 2 rings (SSSR count). The monoisotopic (exact) mass is 296 g/mol. The summed E-state index contributed by atoms with van der Waals surface area (Å²) in [5.41, 5.74) is 3.09. The van der Waals surface area contributed by atoms with Gasteiger partial charge in [-0.25, -0.2) is 4.79 Å². The number of aryl methyl sites for hydroxylation is 1. The number of rotatable bonds is 2. The number of halogens is 1. The normalized spacial score (nSPS) is 10.4. The van der Waals surface area contributed by atoms with Gasteiger partial charge in [0, 0.05) is 15.4 Å². The molecule has 0 saturated carbocycles. The number of carbonyl (C=O) groups is 1. The molecule has 0 atom stereocenters. The highest BCUT2D eigenvalue weighted by Crippen LogP contribution is 2.34. The van der Waals surface area contributed by atoms with Gasteiger partial charge in [-0.1, -0.05) is 17.7 Å². The minimum Gasteiger partial charge on any atom is -0.478 e. The Hall–Kier alpha value is -1.13. The van der Waals surface area contributed by atoms with E-state index < -0.39 is 5.97 Å². The van der Waals surface area contributed by atoms with Crippen molar-refractivity contribution in [2.75, 3.05) is 0 Å². The SMILES string of the molecule is Cc1ccc(C(=O)O)c(-c2cscc2Br)c1. The summed E-state index contributed by atoms with van der Waals surface area (Å²) in [6.45, 7) is 1.95. The Morgan fingerprint density at radius 2 is 2.06 bits per heavy atom. The molecular weight excluding hydrogens is 288 g/mol. The number of hydrogen-bond acceptors (Lipinski definition) is 2. The third kappa shape index (κ3) is 2.03. The van der Waals surface area contributed by atoms with Gasteiger partial charge in [0.15, 0.2) is 0 Å². The first kappa shape index (κ1) is 11.4. The van der Waals surface area contributed by atoms with Crippen molar-refractivity contribution in [3.8, 4) is 11.1 Å². The van der Waals surface area contributed by atoms with Gasteiger partial charge in [0.2, 0.25) is 0 Å². The Bertz CT molecular complexity index is 546. The van der Waals surface area contributed by atoms with E-state index in [-0.39, 0.29) is 0 Å².